The molecule has 1 unspecified atom stereocenters. The summed E-state index contributed by atoms with van der Waals surface area (Å²) in [5.41, 5.74) is 1.17. The van der Waals surface area contributed by atoms with Crippen molar-refractivity contribution in [3.63, 3.8) is 0 Å². The van der Waals surface area contributed by atoms with Gasteiger partial charge in [0.1, 0.15) is 4.88 Å². The summed E-state index contributed by atoms with van der Waals surface area (Å²) in [6, 6.07) is 1.87. The van der Waals surface area contributed by atoms with Crippen molar-refractivity contribution in [2.75, 3.05) is 13.2 Å². The molecule has 6 heteroatoms. The lowest BCUT2D eigenvalue weighted by molar-refractivity contribution is 0.0944. The molecule has 0 aliphatic rings. The van der Waals surface area contributed by atoms with E-state index in [1.165, 1.54) is 11.3 Å². The number of thiazole rings is 1. The minimum atomic E-state index is -0.131. The molecule has 2 aromatic heterocycles. The van der Waals surface area contributed by atoms with Gasteiger partial charge in [0, 0.05) is 25.5 Å². The first-order valence-corrected chi connectivity index (χ1v) is 8.54. The number of aromatic nitrogens is 1. The number of nitrogens with zero attached hydrogens (tertiary/aromatic N) is 1. The van der Waals surface area contributed by atoms with Crippen molar-refractivity contribution in [3.05, 3.63) is 40.2 Å². The summed E-state index contributed by atoms with van der Waals surface area (Å²) in [6.07, 6.45) is 6.42. The summed E-state index contributed by atoms with van der Waals surface area (Å²) in [7, 11) is 0. The standard InChI is InChI=1S/C17H24N2O3S/c1-17(2,3)7-15-18-9-14(23-15)16(21)19-8-13(10-20)6-12-4-5-22-11-12/h4-5,9,11,13,20H,6-8,10H2,1-3H3,(H,19,21). The molecule has 2 aromatic rings. The van der Waals surface area contributed by atoms with E-state index >= 15 is 0 Å². The lowest BCUT2D eigenvalue weighted by Crippen LogP contribution is -2.31. The fourth-order valence-electron chi connectivity index (χ4n) is 2.22. The Morgan fingerprint density at radius 2 is 2.26 bits per heavy atom. The molecule has 0 aliphatic carbocycles. The van der Waals surface area contributed by atoms with Crippen molar-refractivity contribution in [1.29, 1.82) is 0 Å². The van der Waals surface area contributed by atoms with E-state index in [4.69, 9.17) is 4.42 Å². The van der Waals surface area contributed by atoms with Crippen LogP contribution in [0.1, 0.15) is 41.0 Å². The van der Waals surface area contributed by atoms with E-state index in [0.717, 1.165) is 17.0 Å². The minimum Gasteiger partial charge on any atom is -0.472 e. The first kappa shape index (κ1) is 17.7. The van der Waals surface area contributed by atoms with Gasteiger partial charge in [-0.3, -0.25) is 4.79 Å². The smallest absolute Gasteiger partial charge is 0.263 e. The minimum absolute atomic E-state index is 0.0173. The van der Waals surface area contributed by atoms with Crippen LogP contribution in [0.15, 0.2) is 29.2 Å². The second-order valence-corrected chi connectivity index (χ2v) is 8.07. The largest absolute Gasteiger partial charge is 0.472 e. The molecule has 1 atom stereocenters. The van der Waals surface area contributed by atoms with Gasteiger partial charge in [-0.2, -0.15) is 0 Å². The number of hydrogen-bond acceptors (Lipinski definition) is 5. The highest BCUT2D eigenvalue weighted by Crippen LogP contribution is 2.23. The van der Waals surface area contributed by atoms with Crippen molar-refractivity contribution < 1.29 is 14.3 Å². The summed E-state index contributed by atoms with van der Waals surface area (Å²) in [4.78, 5) is 17.1. The molecule has 0 aromatic carbocycles. The number of carbonyl (C=O) groups is 1. The van der Waals surface area contributed by atoms with E-state index in [9.17, 15) is 9.90 Å². The molecular formula is C17H24N2O3S. The molecule has 2 heterocycles. The van der Waals surface area contributed by atoms with E-state index in [-0.39, 0.29) is 23.8 Å². The van der Waals surface area contributed by atoms with E-state index < -0.39 is 0 Å². The molecule has 2 N–H and O–H groups in total. The lowest BCUT2D eigenvalue weighted by atomic mass is 9.93. The van der Waals surface area contributed by atoms with Crippen LogP contribution in [0.25, 0.3) is 0 Å². The Hall–Kier alpha value is -1.66. The number of aliphatic hydroxyl groups is 1. The Morgan fingerprint density at radius 1 is 1.48 bits per heavy atom. The summed E-state index contributed by atoms with van der Waals surface area (Å²) < 4.78 is 5.02. The number of hydrogen-bond donors (Lipinski definition) is 2. The highest BCUT2D eigenvalue weighted by molar-refractivity contribution is 7.13. The third-order valence-corrected chi connectivity index (χ3v) is 4.37. The van der Waals surface area contributed by atoms with Gasteiger partial charge in [-0.05, 0) is 23.5 Å². The zero-order valence-corrected chi connectivity index (χ0v) is 14.7. The molecule has 0 bridgehead atoms. The van der Waals surface area contributed by atoms with Crippen molar-refractivity contribution >= 4 is 17.2 Å². The molecule has 0 radical (unpaired) electrons. The molecule has 0 fully saturated rings. The summed E-state index contributed by atoms with van der Waals surface area (Å²) in [5.74, 6) is -0.160. The van der Waals surface area contributed by atoms with Gasteiger partial charge in [-0.1, -0.05) is 20.8 Å². The van der Waals surface area contributed by atoms with E-state index in [0.29, 0.717) is 17.8 Å². The maximum absolute atomic E-state index is 12.2. The fourth-order valence-corrected chi connectivity index (χ4v) is 3.35. The van der Waals surface area contributed by atoms with E-state index in [2.05, 4.69) is 31.1 Å². The monoisotopic (exact) mass is 336 g/mol. The van der Waals surface area contributed by atoms with Crippen LogP contribution in [-0.4, -0.2) is 29.1 Å². The maximum atomic E-state index is 12.2. The summed E-state index contributed by atoms with van der Waals surface area (Å²) >= 11 is 1.43. The average molecular weight is 336 g/mol. The second kappa shape index (κ2) is 7.75. The molecule has 23 heavy (non-hydrogen) atoms. The van der Waals surface area contributed by atoms with Crippen LogP contribution >= 0.6 is 11.3 Å². The van der Waals surface area contributed by atoms with Crippen LogP contribution in [0, 0.1) is 11.3 Å². The molecule has 0 aliphatic heterocycles. The lowest BCUT2D eigenvalue weighted by Gasteiger charge is -2.15. The number of nitrogens with one attached hydrogen (secondary N) is 1. The molecule has 0 saturated heterocycles. The van der Waals surface area contributed by atoms with Crippen LogP contribution in [-0.2, 0) is 12.8 Å². The topological polar surface area (TPSA) is 75.4 Å². The van der Waals surface area contributed by atoms with Gasteiger partial charge < -0.3 is 14.8 Å². The second-order valence-electron chi connectivity index (χ2n) is 6.95. The molecule has 5 nitrogen and oxygen atoms in total. The van der Waals surface area contributed by atoms with Crippen molar-refractivity contribution in [2.24, 2.45) is 11.3 Å². The third-order valence-electron chi connectivity index (χ3n) is 3.37. The highest BCUT2D eigenvalue weighted by atomic mass is 32.1. The fraction of sp³-hybridized carbons (Fsp3) is 0.529. The van der Waals surface area contributed by atoms with Gasteiger partial charge in [0.2, 0.25) is 0 Å². The van der Waals surface area contributed by atoms with E-state index in [1.807, 2.05) is 6.07 Å². The van der Waals surface area contributed by atoms with Crippen molar-refractivity contribution in [3.8, 4) is 0 Å². The number of aliphatic hydroxyl groups excluding tert-OH is 1. The number of carbonyl (C=O) groups excluding carboxylic acids is 1. The molecule has 0 saturated carbocycles. The molecule has 1 amide bonds. The van der Waals surface area contributed by atoms with Crippen LogP contribution in [0.4, 0.5) is 0 Å². The van der Waals surface area contributed by atoms with Gasteiger partial charge in [0.25, 0.3) is 5.91 Å². The molecular weight excluding hydrogens is 312 g/mol. The SMILES string of the molecule is CC(C)(C)Cc1ncc(C(=O)NCC(CO)Cc2ccoc2)s1. The van der Waals surface area contributed by atoms with Gasteiger partial charge in [-0.25, -0.2) is 4.98 Å². The first-order valence-electron chi connectivity index (χ1n) is 7.72. The quantitative estimate of drug-likeness (QED) is 0.815. The number of furan rings is 1. The van der Waals surface area contributed by atoms with Gasteiger partial charge >= 0.3 is 0 Å². The number of rotatable bonds is 7. The third kappa shape index (κ3) is 5.80. The average Bonchev–Trinajstić information content (AvgIpc) is 3.12. The zero-order valence-electron chi connectivity index (χ0n) is 13.8. The molecule has 2 rings (SSSR count). The number of amides is 1. The normalized spacial score (nSPS) is 13.0. The maximum Gasteiger partial charge on any atom is 0.263 e. The Bertz CT molecular complexity index is 614. The van der Waals surface area contributed by atoms with Gasteiger partial charge in [-0.15, -0.1) is 11.3 Å². The van der Waals surface area contributed by atoms with Crippen molar-refractivity contribution in [2.45, 2.75) is 33.6 Å². The Morgan fingerprint density at radius 3 is 2.87 bits per heavy atom. The van der Waals surface area contributed by atoms with E-state index in [1.54, 1.807) is 18.7 Å². The van der Waals surface area contributed by atoms with Crippen LogP contribution in [0.2, 0.25) is 0 Å². The molecule has 126 valence electrons. The zero-order chi connectivity index (χ0) is 16.9. The first-order chi connectivity index (χ1) is 10.9. The van der Waals surface area contributed by atoms with Crippen LogP contribution in [0.3, 0.4) is 0 Å². The Balaban J connectivity index is 1.86. The Labute approximate surface area is 140 Å². The summed E-state index contributed by atoms with van der Waals surface area (Å²) in [6.45, 7) is 6.89. The van der Waals surface area contributed by atoms with Crippen LogP contribution in [0.5, 0.6) is 0 Å². The predicted molar refractivity (Wildman–Crippen MR) is 90.6 cm³/mol. The van der Waals surface area contributed by atoms with Gasteiger partial charge in [0.15, 0.2) is 0 Å². The molecule has 0 spiro atoms. The van der Waals surface area contributed by atoms with Crippen LogP contribution < -0.4 is 5.32 Å². The van der Waals surface area contributed by atoms with Gasteiger partial charge in [0.05, 0.1) is 23.7 Å². The highest BCUT2D eigenvalue weighted by Gasteiger charge is 2.17. The predicted octanol–water partition coefficient (Wildman–Crippen LogP) is 2.91. The van der Waals surface area contributed by atoms with Crippen molar-refractivity contribution in [1.82, 2.24) is 10.3 Å². The summed E-state index contributed by atoms with van der Waals surface area (Å²) in [5, 5.41) is 13.3. The Kier molecular flexibility index (Phi) is 5.96.